The number of ether oxygens (including phenoxy) is 3. The van der Waals surface area contributed by atoms with Gasteiger partial charge >= 0.3 is 0 Å². The molecule has 0 radical (unpaired) electrons. The van der Waals surface area contributed by atoms with Crippen molar-refractivity contribution in [1.82, 2.24) is 0 Å². The molecule has 1 heterocycles. The van der Waals surface area contributed by atoms with E-state index in [0.29, 0.717) is 12.4 Å². The van der Waals surface area contributed by atoms with Gasteiger partial charge < -0.3 is 19.3 Å². The van der Waals surface area contributed by atoms with E-state index in [1.807, 2.05) is 34.6 Å². The minimum atomic E-state index is -0.352. The third-order valence-corrected chi connectivity index (χ3v) is 2.31. The van der Waals surface area contributed by atoms with Gasteiger partial charge in [0.15, 0.2) is 17.8 Å². The number of phenols is 1. The van der Waals surface area contributed by atoms with Crippen LogP contribution in [0, 0.1) is 0 Å². The maximum Gasteiger partial charge on any atom is 0.184 e. The zero-order valence-corrected chi connectivity index (χ0v) is 12.8. The molecule has 2 rings (SSSR count). The predicted molar refractivity (Wildman–Crippen MR) is 76.6 cm³/mol. The first-order valence-corrected chi connectivity index (χ1v) is 6.84. The van der Waals surface area contributed by atoms with Crippen LogP contribution in [0.2, 0.25) is 0 Å². The van der Waals surface area contributed by atoms with E-state index in [0.717, 1.165) is 5.56 Å². The second-order valence-corrected chi connectivity index (χ2v) is 3.54. The normalized spacial score (nSPS) is 20.7. The van der Waals surface area contributed by atoms with Gasteiger partial charge in [0.2, 0.25) is 0 Å². The monoisotopic (exact) mass is 270 g/mol. The summed E-state index contributed by atoms with van der Waals surface area (Å²) in [6, 6.07) is 5.06. The average molecular weight is 270 g/mol. The summed E-state index contributed by atoms with van der Waals surface area (Å²) in [5, 5.41) is 9.42. The highest BCUT2D eigenvalue weighted by molar-refractivity contribution is 5.42. The van der Waals surface area contributed by atoms with Crippen molar-refractivity contribution < 1.29 is 19.3 Å². The summed E-state index contributed by atoms with van der Waals surface area (Å²) >= 11 is 0. The fourth-order valence-electron chi connectivity index (χ4n) is 1.53. The molecule has 2 atom stereocenters. The van der Waals surface area contributed by atoms with Crippen LogP contribution in [0.4, 0.5) is 0 Å². The van der Waals surface area contributed by atoms with Crippen molar-refractivity contribution in [3.8, 4) is 11.5 Å². The Bertz CT molecular complexity index is 352. The van der Waals surface area contributed by atoms with Crippen LogP contribution in [-0.4, -0.2) is 24.9 Å². The number of benzene rings is 1. The first kappa shape index (κ1) is 17.7. The Labute approximate surface area is 116 Å². The molecular formula is C15H26O4. The van der Waals surface area contributed by atoms with Crippen molar-refractivity contribution in [3.05, 3.63) is 23.8 Å². The van der Waals surface area contributed by atoms with Crippen LogP contribution in [0.15, 0.2) is 18.2 Å². The van der Waals surface area contributed by atoms with Crippen molar-refractivity contribution in [2.24, 2.45) is 0 Å². The lowest BCUT2D eigenvalue weighted by Gasteiger charge is -2.12. The van der Waals surface area contributed by atoms with Gasteiger partial charge in [0.25, 0.3) is 0 Å². The van der Waals surface area contributed by atoms with Crippen molar-refractivity contribution in [2.75, 3.05) is 13.7 Å². The predicted octanol–water partition coefficient (Wildman–Crippen LogP) is 3.89. The summed E-state index contributed by atoms with van der Waals surface area (Å²) in [5.74, 6) is 0.548. The Balaban J connectivity index is 0.000000741. The molecule has 2 unspecified atom stereocenters. The maximum absolute atomic E-state index is 9.42. The van der Waals surface area contributed by atoms with Crippen molar-refractivity contribution in [1.29, 1.82) is 0 Å². The zero-order chi connectivity index (χ0) is 14.8. The highest BCUT2D eigenvalue weighted by atomic mass is 16.7. The lowest BCUT2D eigenvalue weighted by molar-refractivity contribution is -0.0573. The molecule has 1 fully saturated rings. The van der Waals surface area contributed by atoms with Crippen molar-refractivity contribution >= 4 is 0 Å². The molecule has 19 heavy (non-hydrogen) atoms. The number of hydrogen-bond donors (Lipinski definition) is 1. The molecule has 1 saturated heterocycles. The topological polar surface area (TPSA) is 47.9 Å². The lowest BCUT2D eigenvalue weighted by atomic mass is 10.2. The Morgan fingerprint density at radius 2 is 1.84 bits per heavy atom. The molecule has 0 amide bonds. The Morgan fingerprint density at radius 3 is 2.32 bits per heavy atom. The Kier molecular flexibility index (Phi) is 9.00. The van der Waals surface area contributed by atoms with Gasteiger partial charge in [-0.2, -0.15) is 0 Å². The third kappa shape index (κ3) is 5.09. The van der Waals surface area contributed by atoms with Gasteiger partial charge in [0.1, 0.15) is 0 Å². The third-order valence-electron chi connectivity index (χ3n) is 2.31. The molecule has 0 spiro atoms. The largest absolute Gasteiger partial charge is 0.504 e. The SMILES string of the molecule is CC.CC.COc1cc(C2OCC(C)O2)ccc1O. The second kappa shape index (κ2) is 9.64. The van der Waals surface area contributed by atoms with E-state index >= 15 is 0 Å². The number of methoxy groups -OCH3 is 1. The molecule has 0 bridgehead atoms. The minimum absolute atomic E-state index is 0.106. The van der Waals surface area contributed by atoms with Crippen LogP contribution in [-0.2, 0) is 9.47 Å². The maximum atomic E-state index is 9.42. The van der Waals surface area contributed by atoms with E-state index in [4.69, 9.17) is 14.2 Å². The molecule has 0 saturated carbocycles. The van der Waals surface area contributed by atoms with Gasteiger partial charge in [-0.1, -0.05) is 33.8 Å². The molecule has 1 aromatic rings. The Hall–Kier alpha value is -1.26. The van der Waals surface area contributed by atoms with Gasteiger partial charge in [-0.15, -0.1) is 0 Å². The summed E-state index contributed by atoms with van der Waals surface area (Å²) in [6.45, 7) is 10.5. The van der Waals surface area contributed by atoms with E-state index in [1.165, 1.54) is 7.11 Å². The number of rotatable bonds is 2. The van der Waals surface area contributed by atoms with Crippen molar-refractivity contribution in [2.45, 2.75) is 47.0 Å². The highest BCUT2D eigenvalue weighted by Crippen LogP contribution is 2.33. The lowest BCUT2D eigenvalue weighted by Crippen LogP contribution is -2.02. The molecule has 1 aromatic carbocycles. The minimum Gasteiger partial charge on any atom is -0.504 e. The van der Waals surface area contributed by atoms with Crippen LogP contribution >= 0.6 is 0 Å². The molecule has 0 aromatic heterocycles. The molecule has 1 aliphatic rings. The van der Waals surface area contributed by atoms with Gasteiger partial charge in [-0.3, -0.25) is 0 Å². The summed E-state index contributed by atoms with van der Waals surface area (Å²) in [5.41, 5.74) is 0.856. The highest BCUT2D eigenvalue weighted by Gasteiger charge is 2.24. The number of aromatic hydroxyl groups is 1. The molecule has 4 nitrogen and oxygen atoms in total. The van der Waals surface area contributed by atoms with E-state index in [2.05, 4.69) is 0 Å². The van der Waals surface area contributed by atoms with Gasteiger partial charge in [-0.25, -0.2) is 0 Å². The molecule has 1 N–H and O–H groups in total. The molecule has 1 aliphatic heterocycles. The first-order valence-electron chi connectivity index (χ1n) is 6.84. The zero-order valence-electron chi connectivity index (χ0n) is 12.8. The van der Waals surface area contributed by atoms with Crippen LogP contribution in [0.5, 0.6) is 11.5 Å². The van der Waals surface area contributed by atoms with Gasteiger partial charge in [0.05, 0.1) is 19.8 Å². The van der Waals surface area contributed by atoms with E-state index in [-0.39, 0.29) is 18.1 Å². The van der Waals surface area contributed by atoms with Gasteiger partial charge in [-0.05, 0) is 19.1 Å². The first-order chi connectivity index (χ1) is 9.20. The fraction of sp³-hybridized carbons (Fsp3) is 0.600. The van der Waals surface area contributed by atoms with Crippen LogP contribution in [0.25, 0.3) is 0 Å². The van der Waals surface area contributed by atoms with Crippen molar-refractivity contribution in [3.63, 3.8) is 0 Å². The summed E-state index contributed by atoms with van der Waals surface area (Å²) in [7, 11) is 1.51. The Morgan fingerprint density at radius 1 is 1.21 bits per heavy atom. The van der Waals surface area contributed by atoms with E-state index in [9.17, 15) is 5.11 Å². The van der Waals surface area contributed by atoms with E-state index in [1.54, 1.807) is 18.2 Å². The summed E-state index contributed by atoms with van der Waals surface area (Å²) < 4.78 is 16.0. The molecule has 0 aliphatic carbocycles. The molecule has 4 heteroatoms. The molecular weight excluding hydrogens is 244 g/mol. The number of hydrogen-bond acceptors (Lipinski definition) is 4. The van der Waals surface area contributed by atoms with E-state index < -0.39 is 0 Å². The van der Waals surface area contributed by atoms with Crippen LogP contribution in [0.1, 0.15) is 46.5 Å². The smallest absolute Gasteiger partial charge is 0.184 e. The number of phenolic OH excluding ortho intramolecular Hbond substituents is 1. The van der Waals surface area contributed by atoms with Gasteiger partial charge in [0, 0.05) is 5.56 Å². The quantitative estimate of drug-likeness (QED) is 0.885. The summed E-state index contributed by atoms with van der Waals surface area (Å²) in [4.78, 5) is 0. The second-order valence-electron chi connectivity index (χ2n) is 3.54. The average Bonchev–Trinajstić information content (AvgIpc) is 2.90. The van der Waals surface area contributed by atoms with Crippen LogP contribution < -0.4 is 4.74 Å². The molecule has 110 valence electrons. The standard InChI is InChI=1S/C11H14O4.2C2H6/c1-7-6-14-11(15-7)8-3-4-9(12)10(5-8)13-2;2*1-2/h3-5,7,11-12H,6H2,1-2H3;2*1-2H3. The van der Waals surface area contributed by atoms with Crippen LogP contribution in [0.3, 0.4) is 0 Å². The fourth-order valence-corrected chi connectivity index (χ4v) is 1.53. The summed E-state index contributed by atoms with van der Waals surface area (Å²) in [6.07, 6.45) is -0.246.